The molecule has 0 aliphatic carbocycles. The Kier molecular flexibility index (Phi) is 8.31. The lowest BCUT2D eigenvalue weighted by Gasteiger charge is -2.34. The van der Waals surface area contributed by atoms with Crippen LogP contribution in [0.3, 0.4) is 0 Å². The van der Waals surface area contributed by atoms with Crippen LogP contribution in [0.4, 0.5) is 11.6 Å². The molecule has 2 aromatic carbocycles. The Morgan fingerprint density at radius 2 is 1.62 bits per heavy atom. The van der Waals surface area contributed by atoms with E-state index in [0.717, 1.165) is 31.6 Å². The van der Waals surface area contributed by atoms with Gasteiger partial charge in [0.1, 0.15) is 6.04 Å². The minimum Gasteiger partial charge on any atom is -0.480 e. The number of nitrogens with one attached hydrogen (secondary N) is 3. The van der Waals surface area contributed by atoms with Gasteiger partial charge in [0, 0.05) is 49.3 Å². The van der Waals surface area contributed by atoms with Crippen LogP contribution in [0.5, 0.6) is 0 Å². The number of hydrogen-bond acceptors (Lipinski definition) is 8. The number of carbonyl (C=O) groups excluding carboxylic acids is 1. The molecular weight excluding hydrogens is 496 g/mol. The van der Waals surface area contributed by atoms with Crippen molar-refractivity contribution in [3.05, 3.63) is 78.6 Å². The van der Waals surface area contributed by atoms with Gasteiger partial charge in [0.25, 0.3) is 5.91 Å². The van der Waals surface area contributed by atoms with E-state index >= 15 is 0 Å². The van der Waals surface area contributed by atoms with Crippen molar-refractivity contribution in [1.82, 2.24) is 20.0 Å². The third kappa shape index (κ3) is 7.02. The monoisotopic (exact) mass is 524 g/mol. The number of sulfonamides is 1. The molecule has 0 radical (unpaired) electrons. The van der Waals surface area contributed by atoms with Crippen molar-refractivity contribution in [2.24, 2.45) is 0 Å². The molecule has 2 heterocycles. The summed E-state index contributed by atoms with van der Waals surface area (Å²) in [4.78, 5) is 34.8. The number of amides is 1. The summed E-state index contributed by atoms with van der Waals surface area (Å²) in [6.45, 7) is 1.25. The summed E-state index contributed by atoms with van der Waals surface area (Å²) < 4.78 is 27.0. The van der Waals surface area contributed by atoms with Gasteiger partial charge in [0.15, 0.2) is 0 Å². The molecule has 4 N–H and O–H groups in total. The average Bonchev–Trinajstić information content (AvgIpc) is 2.92. The molecule has 1 aliphatic heterocycles. The molecule has 0 unspecified atom stereocenters. The van der Waals surface area contributed by atoms with E-state index in [1.165, 1.54) is 24.3 Å². The summed E-state index contributed by atoms with van der Waals surface area (Å²) in [6, 6.07) is 15.0. The van der Waals surface area contributed by atoms with Crippen molar-refractivity contribution in [3.8, 4) is 0 Å². The number of aromatic nitrogens is 2. The van der Waals surface area contributed by atoms with Crippen LogP contribution >= 0.6 is 0 Å². The number of hydrogen-bond donors (Lipinski definition) is 4. The van der Waals surface area contributed by atoms with E-state index in [2.05, 4.69) is 30.2 Å². The van der Waals surface area contributed by atoms with Crippen molar-refractivity contribution in [3.63, 3.8) is 0 Å². The zero-order valence-electron chi connectivity index (χ0n) is 19.9. The topological polar surface area (TPSA) is 154 Å². The van der Waals surface area contributed by atoms with Crippen molar-refractivity contribution in [2.45, 2.75) is 29.8 Å². The van der Waals surface area contributed by atoms with Crippen molar-refractivity contribution < 1.29 is 23.1 Å². The van der Waals surface area contributed by atoms with Crippen LogP contribution in [0.15, 0.2) is 78.0 Å². The van der Waals surface area contributed by atoms with Crippen molar-refractivity contribution >= 4 is 33.5 Å². The van der Waals surface area contributed by atoms with E-state index in [1.807, 2.05) is 12.1 Å². The van der Waals surface area contributed by atoms with E-state index in [1.54, 1.807) is 36.7 Å². The van der Waals surface area contributed by atoms with Crippen LogP contribution in [0.25, 0.3) is 0 Å². The van der Waals surface area contributed by atoms with Gasteiger partial charge < -0.3 is 20.6 Å². The molecule has 3 aromatic rings. The van der Waals surface area contributed by atoms with Crippen LogP contribution in [0.1, 0.15) is 23.2 Å². The number of anilines is 2. The standard InChI is InChI=1S/C25H28N6O5S/c32-23(28-17-22(24(33)34)30-37(35,36)21-5-2-1-3-6-21)18-7-9-20(10-8-18)31-15-11-19(12-16-31)29-25-26-13-4-14-27-25/h1-10,13-14,19,22,30H,11-12,15-17H2,(H,28,32)(H,33,34)(H,26,27,29)/t22-/m0/s1. The molecule has 12 heteroatoms. The fourth-order valence-corrected chi connectivity index (χ4v) is 5.20. The third-order valence-electron chi connectivity index (χ3n) is 6.00. The van der Waals surface area contributed by atoms with Gasteiger partial charge >= 0.3 is 5.97 Å². The molecule has 4 rings (SSSR count). The zero-order chi connectivity index (χ0) is 26.3. The first kappa shape index (κ1) is 26.0. The second-order valence-electron chi connectivity index (χ2n) is 8.56. The van der Waals surface area contributed by atoms with Gasteiger partial charge in [-0.2, -0.15) is 4.72 Å². The molecule has 1 amide bonds. The smallest absolute Gasteiger partial charge is 0.323 e. The lowest BCUT2D eigenvalue weighted by Crippen LogP contribution is -2.48. The summed E-state index contributed by atoms with van der Waals surface area (Å²) in [5.41, 5.74) is 1.32. The van der Waals surface area contributed by atoms with Gasteiger partial charge in [-0.15, -0.1) is 0 Å². The number of carbonyl (C=O) groups is 2. The summed E-state index contributed by atoms with van der Waals surface area (Å²) >= 11 is 0. The summed E-state index contributed by atoms with van der Waals surface area (Å²) in [5.74, 6) is -1.27. The molecule has 11 nitrogen and oxygen atoms in total. The molecule has 1 saturated heterocycles. The molecule has 1 aromatic heterocycles. The highest BCUT2D eigenvalue weighted by atomic mass is 32.2. The van der Waals surface area contributed by atoms with Crippen LogP contribution in [-0.2, 0) is 14.8 Å². The first-order valence-electron chi connectivity index (χ1n) is 11.8. The van der Waals surface area contributed by atoms with Crippen LogP contribution < -0.4 is 20.3 Å². The van der Waals surface area contributed by atoms with Gasteiger partial charge in [0.05, 0.1) is 4.90 Å². The van der Waals surface area contributed by atoms with Crippen molar-refractivity contribution in [1.29, 1.82) is 0 Å². The number of carboxylic acid groups (broad SMARTS) is 1. The molecule has 1 fully saturated rings. The summed E-state index contributed by atoms with van der Waals surface area (Å²) in [5, 5.41) is 15.3. The van der Waals surface area contributed by atoms with E-state index in [4.69, 9.17) is 0 Å². The van der Waals surface area contributed by atoms with E-state index in [0.29, 0.717) is 11.5 Å². The third-order valence-corrected chi connectivity index (χ3v) is 7.49. The molecular formula is C25H28N6O5S. The van der Waals surface area contributed by atoms with E-state index < -0.39 is 34.5 Å². The van der Waals surface area contributed by atoms with E-state index in [9.17, 15) is 23.1 Å². The molecule has 37 heavy (non-hydrogen) atoms. The number of rotatable bonds is 10. The Bertz CT molecular complexity index is 1300. The predicted molar refractivity (Wildman–Crippen MR) is 138 cm³/mol. The molecule has 1 atom stereocenters. The number of piperidine rings is 1. The molecule has 0 bridgehead atoms. The van der Waals surface area contributed by atoms with Crippen molar-refractivity contribution in [2.75, 3.05) is 29.9 Å². The Labute approximate surface area is 215 Å². The number of nitrogens with zero attached hydrogens (tertiary/aromatic N) is 3. The quantitative estimate of drug-likeness (QED) is 0.310. The Morgan fingerprint density at radius 1 is 0.973 bits per heavy atom. The van der Waals surface area contributed by atoms with Gasteiger partial charge in [-0.3, -0.25) is 9.59 Å². The highest BCUT2D eigenvalue weighted by Gasteiger charge is 2.26. The maximum Gasteiger partial charge on any atom is 0.323 e. The Morgan fingerprint density at radius 3 is 2.24 bits per heavy atom. The van der Waals surface area contributed by atoms with Crippen LogP contribution in [0, 0.1) is 0 Å². The highest BCUT2D eigenvalue weighted by molar-refractivity contribution is 7.89. The first-order valence-corrected chi connectivity index (χ1v) is 13.3. The fourth-order valence-electron chi connectivity index (χ4n) is 3.99. The van der Waals surface area contributed by atoms with Gasteiger partial charge in [-0.05, 0) is 55.3 Å². The zero-order valence-corrected chi connectivity index (χ0v) is 20.8. The molecule has 0 spiro atoms. The van der Waals surface area contributed by atoms with Gasteiger partial charge in [0.2, 0.25) is 16.0 Å². The second kappa shape index (κ2) is 11.8. The number of carboxylic acids is 1. The SMILES string of the molecule is O=C(NC[C@H](NS(=O)(=O)c1ccccc1)C(=O)O)c1ccc(N2CCC(Nc3ncccn3)CC2)cc1. The van der Waals surface area contributed by atoms with Crippen LogP contribution in [0.2, 0.25) is 0 Å². The van der Waals surface area contributed by atoms with Gasteiger partial charge in [-0.1, -0.05) is 18.2 Å². The lowest BCUT2D eigenvalue weighted by atomic mass is 10.0. The Hall–Kier alpha value is -4.03. The Balaban J connectivity index is 1.29. The minimum absolute atomic E-state index is 0.0589. The normalized spacial score (nSPS) is 15.1. The maximum atomic E-state index is 12.6. The fraction of sp³-hybridized carbons (Fsp3) is 0.280. The predicted octanol–water partition coefficient (Wildman–Crippen LogP) is 1.72. The van der Waals surface area contributed by atoms with Gasteiger partial charge in [-0.25, -0.2) is 18.4 Å². The molecule has 1 aliphatic rings. The number of aliphatic carboxylic acids is 1. The number of benzene rings is 2. The summed E-state index contributed by atoms with van der Waals surface area (Å²) in [6.07, 6.45) is 5.23. The highest BCUT2D eigenvalue weighted by Crippen LogP contribution is 2.22. The van der Waals surface area contributed by atoms with Crippen LogP contribution in [-0.4, -0.2) is 67.1 Å². The largest absolute Gasteiger partial charge is 0.480 e. The molecule has 194 valence electrons. The van der Waals surface area contributed by atoms with E-state index in [-0.39, 0.29) is 10.9 Å². The lowest BCUT2D eigenvalue weighted by molar-refractivity contribution is -0.138. The molecule has 0 saturated carbocycles. The summed E-state index contributed by atoms with van der Waals surface area (Å²) in [7, 11) is -4.06. The first-order chi connectivity index (χ1) is 17.8. The minimum atomic E-state index is -4.06. The second-order valence-corrected chi connectivity index (χ2v) is 10.3. The average molecular weight is 525 g/mol. The maximum absolute atomic E-state index is 12.6.